The minimum absolute atomic E-state index is 0.0285. The largest absolute Gasteiger partial charge is 0.289 e. The summed E-state index contributed by atoms with van der Waals surface area (Å²) < 4.78 is 26.1. The van der Waals surface area contributed by atoms with Gasteiger partial charge in [0.05, 0.1) is 0 Å². The molecule has 1 nitrogen and oxygen atoms in total. The van der Waals surface area contributed by atoms with Crippen molar-refractivity contribution in [2.45, 2.75) is 13.3 Å². The van der Waals surface area contributed by atoms with Crippen molar-refractivity contribution in [2.24, 2.45) is 0 Å². The Kier molecular flexibility index (Phi) is 3.51. The first-order valence-electron chi connectivity index (χ1n) is 5.70. The van der Waals surface area contributed by atoms with Gasteiger partial charge in [0.25, 0.3) is 0 Å². The standard InChI is InChI=1S/C15H12F2O/c1-2-10-4-3-5-11(6-10)15(18)12-7-13(16)9-14(17)8-12/h3-9H,2H2,1H3. The molecular weight excluding hydrogens is 234 g/mol. The Morgan fingerprint density at radius 3 is 2.28 bits per heavy atom. The first-order valence-corrected chi connectivity index (χ1v) is 5.70. The molecule has 92 valence electrons. The van der Waals surface area contributed by atoms with Crippen LogP contribution in [0.5, 0.6) is 0 Å². The lowest BCUT2D eigenvalue weighted by molar-refractivity contribution is 0.103. The molecule has 0 fully saturated rings. The second-order valence-corrected chi connectivity index (χ2v) is 4.04. The van der Waals surface area contributed by atoms with E-state index >= 15 is 0 Å². The summed E-state index contributed by atoms with van der Waals surface area (Å²) in [6.07, 6.45) is 0.804. The SMILES string of the molecule is CCc1cccc(C(=O)c2cc(F)cc(F)c2)c1. The molecule has 0 aliphatic heterocycles. The van der Waals surface area contributed by atoms with E-state index in [1.54, 1.807) is 18.2 Å². The molecule has 0 atom stereocenters. The van der Waals surface area contributed by atoms with Gasteiger partial charge in [0.2, 0.25) is 0 Å². The first kappa shape index (κ1) is 12.4. The minimum Gasteiger partial charge on any atom is -0.289 e. The second-order valence-electron chi connectivity index (χ2n) is 4.04. The molecule has 0 N–H and O–H groups in total. The predicted molar refractivity (Wildman–Crippen MR) is 65.6 cm³/mol. The minimum atomic E-state index is -0.745. The molecule has 0 unspecified atom stereocenters. The molecule has 0 heterocycles. The Morgan fingerprint density at radius 1 is 1.00 bits per heavy atom. The zero-order valence-electron chi connectivity index (χ0n) is 9.91. The molecule has 2 rings (SSSR count). The maximum absolute atomic E-state index is 13.1. The molecule has 0 amide bonds. The topological polar surface area (TPSA) is 17.1 Å². The van der Waals surface area contributed by atoms with E-state index in [-0.39, 0.29) is 11.3 Å². The van der Waals surface area contributed by atoms with Crippen LogP contribution in [-0.4, -0.2) is 5.78 Å². The Morgan fingerprint density at radius 2 is 1.67 bits per heavy atom. The average Bonchev–Trinajstić information content (AvgIpc) is 2.37. The highest BCUT2D eigenvalue weighted by atomic mass is 19.1. The van der Waals surface area contributed by atoms with Crippen molar-refractivity contribution >= 4 is 5.78 Å². The van der Waals surface area contributed by atoms with Crippen LogP contribution < -0.4 is 0 Å². The van der Waals surface area contributed by atoms with Gasteiger partial charge >= 0.3 is 0 Å². The summed E-state index contributed by atoms with van der Waals surface area (Å²) in [7, 11) is 0. The third-order valence-corrected chi connectivity index (χ3v) is 2.72. The third-order valence-electron chi connectivity index (χ3n) is 2.72. The number of benzene rings is 2. The Balaban J connectivity index is 2.41. The fourth-order valence-electron chi connectivity index (χ4n) is 1.78. The number of carbonyl (C=O) groups excluding carboxylic acids is 1. The van der Waals surface area contributed by atoms with Gasteiger partial charge in [0, 0.05) is 17.2 Å². The summed E-state index contributed by atoms with van der Waals surface area (Å²) in [5.41, 5.74) is 1.48. The smallest absolute Gasteiger partial charge is 0.193 e. The van der Waals surface area contributed by atoms with Crippen LogP contribution in [0.3, 0.4) is 0 Å². The molecule has 0 saturated heterocycles. The molecule has 0 aliphatic rings. The zero-order chi connectivity index (χ0) is 13.1. The van der Waals surface area contributed by atoms with Crippen molar-refractivity contribution in [3.05, 3.63) is 70.8 Å². The van der Waals surface area contributed by atoms with Crippen molar-refractivity contribution in [3.63, 3.8) is 0 Å². The molecule has 0 bridgehead atoms. The van der Waals surface area contributed by atoms with Crippen LogP contribution in [0.15, 0.2) is 42.5 Å². The molecule has 0 aromatic heterocycles. The fraction of sp³-hybridized carbons (Fsp3) is 0.133. The Hall–Kier alpha value is -2.03. The lowest BCUT2D eigenvalue weighted by atomic mass is 10.0. The van der Waals surface area contributed by atoms with Gasteiger partial charge in [-0.25, -0.2) is 8.78 Å². The van der Waals surface area contributed by atoms with Gasteiger partial charge in [-0.2, -0.15) is 0 Å². The number of aryl methyl sites for hydroxylation is 1. The van der Waals surface area contributed by atoms with E-state index in [0.29, 0.717) is 5.56 Å². The van der Waals surface area contributed by atoms with Crippen molar-refractivity contribution in [3.8, 4) is 0 Å². The molecule has 0 saturated carbocycles. The third kappa shape index (κ3) is 2.62. The van der Waals surface area contributed by atoms with Crippen LogP contribution in [0.2, 0.25) is 0 Å². The quantitative estimate of drug-likeness (QED) is 0.754. The summed E-state index contributed by atoms with van der Waals surface area (Å²) in [4.78, 5) is 12.1. The molecule has 0 spiro atoms. The summed E-state index contributed by atoms with van der Waals surface area (Å²) in [6.45, 7) is 1.98. The average molecular weight is 246 g/mol. The maximum atomic E-state index is 13.1. The van der Waals surface area contributed by atoms with Gasteiger partial charge in [-0.15, -0.1) is 0 Å². The zero-order valence-corrected chi connectivity index (χ0v) is 9.91. The number of rotatable bonds is 3. The van der Waals surface area contributed by atoms with Gasteiger partial charge in [-0.1, -0.05) is 25.1 Å². The van der Waals surface area contributed by atoms with Crippen LogP contribution >= 0.6 is 0 Å². The summed E-state index contributed by atoms with van der Waals surface area (Å²) in [5, 5.41) is 0. The molecule has 3 heteroatoms. The highest BCUT2D eigenvalue weighted by molar-refractivity contribution is 6.09. The fourth-order valence-corrected chi connectivity index (χ4v) is 1.78. The highest BCUT2D eigenvalue weighted by Crippen LogP contribution is 2.15. The number of hydrogen-bond acceptors (Lipinski definition) is 1. The van der Waals surface area contributed by atoms with E-state index < -0.39 is 11.6 Å². The first-order chi connectivity index (χ1) is 8.60. The number of ketones is 1. The molecule has 0 radical (unpaired) electrons. The van der Waals surface area contributed by atoms with Gasteiger partial charge < -0.3 is 0 Å². The van der Waals surface area contributed by atoms with Crippen molar-refractivity contribution < 1.29 is 13.6 Å². The number of carbonyl (C=O) groups is 1. The van der Waals surface area contributed by atoms with Gasteiger partial charge in [-0.05, 0) is 30.2 Å². The van der Waals surface area contributed by atoms with E-state index in [9.17, 15) is 13.6 Å². The van der Waals surface area contributed by atoms with E-state index in [1.165, 1.54) is 0 Å². The molecule has 0 aliphatic carbocycles. The molecular formula is C15H12F2O. The normalized spacial score (nSPS) is 10.4. The lowest BCUT2D eigenvalue weighted by Crippen LogP contribution is -2.03. The van der Waals surface area contributed by atoms with Crippen molar-refractivity contribution in [1.82, 2.24) is 0 Å². The predicted octanol–water partition coefficient (Wildman–Crippen LogP) is 3.76. The van der Waals surface area contributed by atoms with Crippen LogP contribution in [0, 0.1) is 11.6 Å². The van der Waals surface area contributed by atoms with E-state index in [0.717, 1.165) is 30.2 Å². The summed E-state index contributed by atoms with van der Waals surface area (Å²) >= 11 is 0. The monoisotopic (exact) mass is 246 g/mol. The van der Waals surface area contributed by atoms with Gasteiger partial charge in [0.15, 0.2) is 5.78 Å². The molecule has 18 heavy (non-hydrogen) atoms. The maximum Gasteiger partial charge on any atom is 0.193 e. The van der Waals surface area contributed by atoms with Crippen LogP contribution in [-0.2, 0) is 6.42 Å². The Bertz CT molecular complexity index is 571. The van der Waals surface area contributed by atoms with E-state index in [2.05, 4.69) is 0 Å². The van der Waals surface area contributed by atoms with E-state index in [1.807, 2.05) is 13.0 Å². The van der Waals surface area contributed by atoms with Gasteiger partial charge in [-0.3, -0.25) is 4.79 Å². The Labute approximate surface area is 104 Å². The second kappa shape index (κ2) is 5.08. The summed E-state index contributed by atoms with van der Waals surface area (Å²) in [6, 6.07) is 9.90. The van der Waals surface area contributed by atoms with Crippen molar-refractivity contribution in [1.29, 1.82) is 0 Å². The lowest BCUT2D eigenvalue weighted by Gasteiger charge is -2.04. The van der Waals surface area contributed by atoms with Crippen LogP contribution in [0.1, 0.15) is 28.4 Å². The number of halogens is 2. The summed E-state index contributed by atoms with van der Waals surface area (Å²) in [5.74, 6) is -1.86. The molecule has 2 aromatic carbocycles. The van der Waals surface area contributed by atoms with Crippen molar-refractivity contribution in [2.75, 3.05) is 0 Å². The van der Waals surface area contributed by atoms with Crippen LogP contribution in [0.25, 0.3) is 0 Å². The highest BCUT2D eigenvalue weighted by Gasteiger charge is 2.11. The van der Waals surface area contributed by atoms with Gasteiger partial charge in [0.1, 0.15) is 11.6 Å². The molecule has 2 aromatic rings. The van der Waals surface area contributed by atoms with Crippen LogP contribution in [0.4, 0.5) is 8.78 Å². The van der Waals surface area contributed by atoms with E-state index in [4.69, 9.17) is 0 Å². The number of hydrogen-bond donors (Lipinski definition) is 0.